The van der Waals surface area contributed by atoms with Crippen LogP contribution in [-0.2, 0) is 10.5 Å². The SMILES string of the molecule is CCOC(=O)c1sc(N)c(C#N)c1CSc1nnc(-c2cccnc2)n1[C@H]1CCCC[C@H]1C. The summed E-state index contributed by atoms with van der Waals surface area (Å²) in [7, 11) is 0. The van der Waals surface area contributed by atoms with Crippen LogP contribution in [0.2, 0.25) is 0 Å². The highest BCUT2D eigenvalue weighted by Crippen LogP contribution is 2.41. The fraction of sp³-hybridized carbons (Fsp3) is 0.435. The number of nitrogen functional groups attached to an aromatic ring is 1. The number of aromatic nitrogens is 4. The normalized spacial score (nSPS) is 18.1. The van der Waals surface area contributed by atoms with E-state index in [4.69, 9.17) is 10.5 Å². The lowest BCUT2D eigenvalue weighted by Crippen LogP contribution is -2.22. The summed E-state index contributed by atoms with van der Waals surface area (Å²) in [4.78, 5) is 17.1. The summed E-state index contributed by atoms with van der Waals surface area (Å²) in [5.41, 5.74) is 7.88. The molecular weight excluding hydrogens is 456 g/mol. The van der Waals surface area contributed by atoms with Crippen LogP contribution in [0.3, 0.4) is 0 Å². The number of nitrogens with two attached hydrogens (primary N) is 1. The number of thiophene rings is 1. The monoisotopic (exact) mass is 482 g/mol. The van der Waals surface area contributed by atoms with Gasteiger partial charge in [0.25, 0.3) is 0 Å². The van der Waals surface area contributed by atoms with Gasteiger partial charge in [-0.3, -0.25) is 9.55 Å². The summed E-state index contributed by atoms with van der Waals surface area (Å²) in [5, 5.41) is 19.8. The predicted molar refractivity (Wildman–Crippen MR) is 129 cm³/mol. The number of hydrogen-bond acceptors (Lipinski definition) is 9. The molecule has 1 aliphatic carbocycles. The van der Waals surface area contributed by atoms with Crippen LogP contribution < -0.4 is 5.73 Å². The van der Waals surface area contributed by atoms with Crippen LogP contribution in [0, 0.1) is 17.2 Å². The molecule has 10 heteroatoms. The van der Waals surface area contributed by atoms with Crippen LogP contribution in [0.5, 0.6) is 0 Å². The van der Waals surface area contributed by atoms with E-state index in [-0.39, 0.29) is 12.6 Å². The van der Waals surface area contributed by atoms with E-state index < -0.39 is 5.97 Å². The van der Waals surface area contributed by atoms with Gasteiger partial charge in [0.15, 0.2) is 11.0 Å². The third kappa shape index (κ3) is 4.75. The molecule has 0 aromatic carbocycles. The summed E-state index contributed by atoms with van der Waals surface area (Å²) >= 11 is 2.56. The van der Waals surface area contributed by atoms with Gasteiger partial charge in [-0.25, -0.2) is 4.79 Å². The molecule has 1 aliphatic rings. The van der Waals surface area contributed by atoms with E-state index in [1.54, 1.807) is 19.3 Å². The third-order valence-corrected chi connectivity index (χ3v) is 7.95. The Kier molecular flexibility index (Phi) is 7.30. The first kappa shape index (κ1) is 23.3. The molecule has 0 saturated heterocycles. The minimum absolute atomic E-state index is 0.257. The largest absolute Gasteiger partial charge is 0.462 e. The molecule has 0 unspecified atom stereocenters. The Morgan fingerprint density at radius 1 is 1.39 bits per heavy atom. The fourth-order valence-corrected chi connectivity index (χ4v) is 6.33. The Bertz CT molecular complexity index is 1170. The van der Waals surface area contributed by atoms with Gasteiger partial charge in [0, 0.05) is 35.3 Å². The highest BCUT2D eigenvalue weighted by atomic mass is 32.2. The summed E-state index contributed by atoms with van der Waals surface area (Å²) in [6.45, 7) is 4.28. The lowest BCUT2D eigenvalue weighted by Gasteiger charge is -2.31. The van der Waals surface area contributed by atoms with Gasteiger partial charge in [-0.2, -0.15) is 5.26 Å². The zero-order valence-corrected chi connectivity index (χ0v) is 20.3. The molecule has 3 aromatic rings. The highest BCUT2D eigenvalue weighted by Gasteiger charge is 2.30. The quantitative estimate of drug-likeness (QED) is 0.366. The van der Waals surface area contributed by atoms with Gasteiger partial charge in [-0.05, 0) is 37.8 Å². The molecule has 8 nitrogen and oxygen atoms in total. The summed E-state index contributed by atoms with van der Waals surface area (Å²) in [6, 6.07) is 6.30. The van der Waals surface area contributed by atoms with Crippen LogP contribution in [0.25, 0.3) is 11.4 Å². The lowest BCUT2D eigenvalue weighted by atomic mass is 9.85. The first-order chi connectivity index (χ1) is 16.0. The van der Waals surface area contributed by atoms with E-state index in [0.29, 0.717) is 32.7 Å². The van der Waals surface area contributed by atoms with E-state index in [1.807, 2.05) is 12.1 Å². The maximum atomic E-state index is 12.5. The van der Waals surface area contributed by atoms with Crippen LogP contribution in [0.15, 0.2) is 29.7 Å². The highest BCUT2D eigenvalue weighted by molar-refractivity contribution is 7.98. The molecule has 2 atom stereocenters. The topological polar surface area (TPSA) is 120 Å². The van der Waals surface area contributed by atoms with Gasteiger partial charge in [-0.15, -0.1) is 21.5 Å². The average Bonchev–Trinajstić information content (AvgIpc) is 3.39. The Balaban J connectivity index is 1.71. The fourth-order valence-electron chi connectivity index (χ4n) is 4.29. The second-order valence-corrected chi connectivity index (χ2v) is 10.0. The van der Waals surface area contributed by atoms with E-state index in [0.717, 1.165) is 47.1 Å². The Morgan fingerprint density at radius 3 is 2.91 bits per heavy atom. The lowest BCUT2D eigenvalue weighted by molar-refractivity contribution is 0.0531. The summed E-state index contributed by atoms with van der Waals surface area (Å²) in [6.07, 6.45) is 8.15. The van der Waals surface area contributed by atoms with Crippen molar-refractivity contribution in [3.63, 3.8) is 0 Å². The number of pyridine rings is 1. The van der Waals surface area contributed by atoms with Crippen molar-refractivity contribution in [1.29, 1.82) is 5.26 Å². The van der Waals surface area contributed by atoms with Gasteiger partial charge in [0.2, 0.25) is 0 Å². The number of anilines is 1. The molecule has 0 amide bonds. The third-order valence-electron chi connectivity index (χ3n) is 5.93. The summed E-state index contributed by atoms with van der Waals surface area (Å²) < 4.78 is 7.41. The molecule has 0 radical (unpaired) electrons. The Labute approximate surface area is 201 Å². The zero-order valence-electron chi connectivity index (χ0n) is 18.7. The Morgan fingerprint density at radius 2 is 2.21 bits per heavy atom. The molecule has 3 heterocycles. The first-order valence-electron chi connectivity index (χ1n) is 11.0. The average molecular weight is 483 g/mol. The van der Waals surface area contributed by atoms with Crippen molar-refractivity contribution in [2.45, 2.75) is 56.5 Å². The molecule has 4 rings (SSSR count). The van der Waals surface area contributed by atoms with Crippen molar-refractivity contribution >= 4 is 34.1 Å². The number of hydrogen-bond donors (Lipinski definition) is 1. The number of nitriles is 1. The standard InChI is InChI=1S/C23H26N6O2S2/c1-3-31-22(30)19-17(16(11-24)20(25)33-19)13-32-23-28-27-21(15-8-6-10-26-12-15)29(23)18-9-5-4-7-14(18)2/h6,8,10,12,14,18H,3-5,7,9,13,25H2,1-2H3/t14-,18+/m1/s1. The van der Waals surface area contributed by atoms with Gasteiger partial charge in [0.05, 0.1) is 12.2 Å². The molecule has 1 saturated carbocycles. The maximum absolute atomic E-state index is 12.5. The second-order valence-electron chi connectivity index (χ2n) is 8.02. The molecule has 0 spiro atoms. The first-order valence-corrected chi connectivity index (χ1v) is 12.8. The van der Waals surface area contributed by atoms with E-state index in [2.05, 4.69) is 32.7 Å². The molecule has 0 bridgehead atoms. The number of thioether (sulfide) groups is 1. The van der Waals surface area contributed by atoms with Crippen LogP contribution >= 0.6 is 23.1 Å². The second kappa shape index (κ2) is 10.4. The maximum Gasteiger partial charge on any atom is 0.348 e. The molecule has 0 aliphatic heterocycles. The molecule has 33 heavy (non-hydrogen) atoms. The van der Waals surface area contributed by atoms with Crippen molar-refractivity contribution in [3.05, 3.63) is 40.5 Å². The molecule has 3 aromatic heterocycles. The Hall–Kier alpha value is -2.90. The number of nitrogens with zero attached hydrogens (tertiary/aromatic N) is 5. The molecular formula is C23H26N6O2S2. The van der Waals surface area contributed by atoms with Crippen molar-refractivity contribution < 1.29 is 9.53 Å². The van der Waals surface area contributed by atoms with Gasteiger partial charge in [0.1, 0.15) is 15.9 Å². The number of carbonyl (C=O) groups is 1. The van der Waals surface area contributed by atoms with E-state index in [1.165, 1.54) is 18.2 Å². The van der Waals surface area contributed by atoms with Crippen molar-refractivity contribution in [1.82, 2.24) is 19.7 Å². The van der Waals surface area contributed by atoms with Gasteiger partial charge >= 0.3 is 5.97 Å². The molecule has 2 N–H and O–H groups in total. The van der Waals surface area contributed by atoms with Gasteiger partial charge < -0.3 is 10.5 Å². The van der Waals surface area contributed by atoms with E-state index >= 15 is 0 Å². The van der Waals surface area contributed by atoms with Gasteiger partial charge in [-0.1, -0.05) is 31.5 Å². The molecule has 1 fully saturated rings. The van der Waals surface area contributed by atoms with E-state index in [9.17, 15) is 10.1 Å². The van der Waals surface area contributed by atoms with Crippen LogP contribution in [0.4, 0.5) is 5.00 Å². The summed E-state index contributed by atoms with van der Waals surface area (Å²) in [5.74, 6) is 1.20. The number of ether oxygens (including phenoxy) is 1. The minimum atomic E-state index is -0.454. The number of rotatable bonds is 7. The van der Waals surface area contributed by atoms with Crippen molar-refractivity contribution in [2.75, 3.05) is 12.3 Å². The molecule has 172 valence electrons. The zero-order chi connectivity index (χ0) is 23.4. The van der Waals surface area contributed by atoms with Crippen molar-refractivity contribution in [2.24, 2.45) is 5.92 Å². The minimum Gasteiger partial charge on any atom is -0.462 e. The van der Waals surface area contributed by atoms with Crippen LogP contribution in [0.1, 0.15) is 66.4 Å². The number of esters is 1. The van der Waals surface area contributed by atoms with Crippen LogP contribution in [-0.4, -0.2) is 32.3 Å². The van der Waals surface area contributed by atoms with Crippen molar-refractivity contribution in [3.8, 4) is 17.5 Å². The number of carbonyl (C=O) groups excluding carboxylic acids is 1. The smallest absolute Gasteiger partial charge is 0.348 e. The predicted octanol–water partition coefficient (Wildman–Crippen LogP) is 5.08.